The third kappa shape index (κ3) is 6.35. The van der Waals surface area contributed by atoms with Gasteiger partial charge in [-0.25, -0.2) is 0 Å². The van der Waals surface area contributed by atoms with Crippen LogP contribution in [0.15, 0.2) is 0 Å². The Hall–Kier alpha value is -0.120. The summed E-state index contributed by atoms with van der Waals surface area (Å²) in [7, 11) is 0. The molecule has 3 N–H and O–H groups in total. The lowest BCUT2D eigenvalue weighted by Crippen LogP contribution is -2.22. The van der Waals surface area contributed by atoms with E-state index >= 15 is 0 Å². The highest BCUT2D eigenvalue weighted by molar-refractivity contribution is 4.66. The smallest absolute Gasteiger partial charge is 0.0590 e. The van der Waals surface area contributed by atoms with Crippen molar-refractivity contribution in [2.24, 2.45) is 5.92 Å². The van der Waals surface area contributed by atoms with Crippen LogP contribution in [-0.4, -0.2) is 34.6 Å². The monoisotopic (exact) mass is 204 g/mol. The van der Waals surface area contributed by atoms with Crippen molar-refractivity contribution in [1.82, 2.24) is 0 Å². The van der Waals surface area contributed by atoms with Gasteiger partial charge in [0.05, 0.1) is 6.10 Å². The van der Waals surface area contributed by atoms with Crippen molar-refractivity contribution < 1.29 is 15.3 Å². The summed E-state index contributed by atoms with van der Waals surface area (Å²) >= 11 is 0. The molecule has 0 saturated heterocycles. The topological polar surface area (TPSA) is 60.7 Å². The van der Waals surface area contributed by atoms with Crippen molar-refractivity contribution in [3.63, 3.8) is 0 Å². The molecular formula is C11H24O3. The SMILES string of the molecule is CCC(CO)C(O)CCCCCCO. The van der Waals surface area contributed by atoms with E-state index in [0.717, 1.165) is 38.5 Å². The Kier molecular flexibility index (Phi) is 9.35. The molecule has 0 fully saturated rings. The van der Waals surface area contributed by atoms with E-state index in [4.69, 9.17) is 10.2 Å². The van der Waals surface area contributed by atoms with Gasteiger partial charge in [-0.3, -0.25) is 0 Å². The van der Waals surface area contributed by atoms with Crippen LogP contribution in [0.4, 0.5) is 0 Å². The first kappa shape index (κ1) is 13.9. The highest BCUT2D eigenvalue weighted by atomic mass is 16.3. The predicted octanol–water partition coefficient (Wildman–Crippen LogP) is 1.31. The molecule has 0 aromatic rings. The quantitative estimate of drug-likeness (QED) is 0.496. The lowest BCUT2D eigenvalue weighted by atomic mass is 9.95. The Bertz CT molecular complexity index is 113. The Labute approximate surface area is 86.8 Å². The molecule has 3 nitrogen and oxygen atoms in total. The Morgan fingerprint density at radius 1 is 1.00 bits per heavy atom. The van der Waals surface area contributed by atoms with E-state index in [1.165, 1.54) is 0 Å². The van der Waals surface area contributed by atoms with Gasteiger partial charge in [-0.1, -0.05) is 26.2 Å². The van der Waals surface area contributed by atoms with Crippen LogP contribution in [0.2, 0.25) is 0 Å². The van der Waals surface area contributed by atoms with Crippen LogP contribution in [-0.2, 0) is 0 Å². The number of hydrogen-bond acceptors (Lipinski definition) is 3. The summed E-state index contributed by atoms with van der Waals surface area (Å²) in [6.45, 7) is 2.32. The molecule has 0 bridgehead atoms. The van der Waals surface area contributed by atoms with Gasteiger partial charge in [0.25, 0.3) is 0 Å². The summed E-state index contributed by atoms with van der Waals surface area (Å²) in [6, 6.07) is 0. The van der Waals surface area contributed by atoms with Crippen molar-refractivity contribution in [2.45, 2.75) is 51.6 Å². The van der Waals surface area contributed by atoms with Crippen molar-refractivity contribution in [2.75, 3.05) is 13.2 Å². The van der Waals surface area contributed by atoms with Crippen LogP contribution in [0, 0.1) is 5.92 Å². The molecule has 0 aliphatic carbocycles. The zero-order chi connectivity index (χ0) is 10.8. The van der Waals surface area contributed by atoms with E-state index in [1.54, 1.807) is 0 Å². The maximum atomic E-state index is 9.66. The molecule has 0 spiro atoms. The van der Waals surface area contributed by atoms with Crippen molar-refractivity contribution in [3.8, 4) is 0 Å². The number of hydrogen-bond donors (Lipinski definition) is 3. The molecule has 0 rings (SSSR count). The van der Waals surface area contributed by atoms with Crippen LogP contribution >= 0.6 is 0 Å². The van der Waals surface area contributed by atoms with Gasteiger partial charge >= 0.3 is 0 Å². The summed E-state index contributed by atoms with van der Waals surface area (Å²) in [5, 5.41) is 27.2. The summed E-state index contributed by atoms with van der Waals surface area (Å²) in [5.41, 5.74) is 0. The third-order valence-corrected chi connectivity index (χ3v) is 2.71. The van der Waals surface area contributed by atoms with E-state index < -0.39 is 0 Å². The zero-order valence-corrected chi connectivity index (χ0v) is 9.15. The Balaban J connectivity index is 3.37. The van der Waals surface area contributed by atoms with Crippen molar-refractivity contribution >= 4 is 0 Å². The molecule has 0 saturated carbocycles. The second-order valence-electron chi connectivity index (χ2n) is 3.84. The van der Waals surface area contributed by atoms with Crippen molar-refractivity contribution in [1.29, 1.82) is 0 Å². The average Bonchev–Trinajstić information content (AvgIpc) is 2.19. The molecule has 0 heterocycles. The van der Waals surface area contributed by atoms with Gasteiger partial charge in [-0.15, -0.1) is 0 Å². The molecule has 0 aliphatic heterocycles. The summed E-state index contributed by atoms with van der Waals surface area (Å²) in [4.78, 5) is 0. The number of aliphatic hydroxyl groups excluding tert-OH is 3. The van der Waals surface area contributed by atoms with Gasteiger partial charge in [-0.2, -0.15) is 0 Å². The first-order chi connectivity index (χ1) is 6.76. The van der Waals surface area contributed by atoms with E-state index in [-0.39, 0.29) is 25.2 Å². The molecule has 3 heteroatoms. The largest absolute Gasteiger partial charge is 0.396 e. The van der Waals surface area contributed by atoms with E-state index in [9.17, 15) is 5.11 Å². The highest BCUT2D eigenvalue weighted by Crippen LogP contribution is 2.14. The van der Waals surface area contributed by atoms with Crippen LogP contribution in [0.3, 0.4) is 0 Å². The molecular weight excluding hydrogens is 180 g/mol. The van der Waals surface area contributed by atoms with Gasteiger partial charge in [0, 0.05) is 19.1 Å². The molecule has 0 radical (unpaired) electrons. The molecule has 0 amide bonds. The molecule has 0 aliphatic rings. The average molecular weight is 204 g/mol. The zero-order valence-electron chi connectivity index (χ0n) is 9.15. The number of unbranched alkanes of at least 4 members (excludes halogenated alkanes) is 3. The Morgan fingerprint density at radius 3 is 2.14 bits per heavy atom. The first-order valence-electron chi connectivity index (χ1n) is 5.66. The lowest BCUT2D eigenvalue weighted by molar-refractivity contribution is 0.0568. The third-order valence-electron chi connectivity index (χ3n) is 2.71. The lowest BCUT2D eigenvalue weighted by Gasteiger charge is -2.18. The molecule has 86 valence electrons. The van der Waals surface area contributed by atoms with Crippen LogP contribution in [0.25, 0.3) is 0 Å². The van der Waals surface area contributed by atoms with Gasteiger partial charge in [0.1, 0.15) is 0 Å². The fraction of sp³-hybridized carbons (Fsp3) is 1.00. The predicted molar refractivity (Wildman–Crippen MR) is 57.0 cm³/mol. The number of aliphatic hydroxyl groups is 3. The minimum atomic E-state index is -0.362. The van der Waals surface area contributed by atoms with Gasteiger partial charge in [-0.05, 0) is 19.3 Å². The second-order valence-corrected chi connectivity index (χ2v) is 3.84. The first-order valence-corrected chi connectivity index (χ1v) is 5.66. The fourth-order valence-corrected chi connectivity index (χ4v) is 1.58. The summed E-state index contributed by atoms with van der Waals surface area (Å²) in [5.74, 6) is 0.0350. The molecule has 2 unspecified atom stereocenters. The maximum Gasteiger partial charge on any atom is 0.0590 e. The highest BCUT2D eigenvalue weighted by Gasteiger charge is 2.15. The van der Waals surface area contributed by atoms with Gasteiger partial charge < -0.3 is 15.3 Å². The number of rotatable bonds is 9. The van der Waals surface area contributed by atoms with E-state index in [1.807, 2.05) is 6.92 Å². The standard InChI is InChI=1S/C11H24O3/c1-2-10(9-13)11(14)7-5-3-4-6-8-12/h10-14H,2-9H2,1H3. The molecule has 14 heavy (non-hydrogen) atoms. The normalized spacial score (nSPS) is 15.4. The molecule has 0 aromatic heterocycles. The van der Waals surface area contributed by atoms with Crippen molar-refractivity contribution in [3.05, 3.63) is 0 Å². The van der Waals surface area contributed by atoms with Crippen LogP contribution in [0.5, 0.6) is 0 Å². The van der Waals surface area contributed by atoms with E-state index in [2.05, 4.69) is 0 Å². The molecule has 2 atom stereocenters. The van der Waals surface area contributed by atoms with Crippen LogP contribution < -0.4 is 0 Å². The Morgan fingerprint density at radius 2 is 1.64 bits per heavy atom. The van der Waals surface area contributed by atoms with Crippen LogP contribution in [0.1, 0.15) is 45.4 Å². The summed E-state index contributed by atoms with van der Waals surface area (Å²) in [6.07, 6.45) is 5.15. The minimum Gasteiger partial charge on any atom is -0.396 e. The second kappa shape index (κ2) is 9.44. The fourth-order valence-electron chi connectivity index (χ4n) is 1.58. The van der Waals surface area contributed by atoms with E-state index in [0.29, 0.717) is 0 Å². The molecule has 0 aromatic carbocycles. The minimum absolute atomic E-state index is 0.0350. The summed E-state index contributed by atoms with van der Waals surface area (Å²) < 4.78 is 0. The van der Waals surface area contributed by atoms with Gasteiger partial charge in [0.2, 0.25) is 0 Å². The maximum absolute atomic E-state index is 9.66. The van der Waals surface area contributed by atoms with Gasteiger partial charge in [0.15, 0.2) is 0 Å².